The molecule has 0 aromatic heterocycles. The van der Waals surface area contributed by atoms with Crippen molar-refractivity contribution in [2.24, 2.45) is 0 Å². The van der Waals surface area contributed by atoms with E-state index in [4.69, 9.17) is 0 Å². The largest absolute Gasteiger partial charge is 0.337 e. The molecule has 3 rings (SSSR count). The number of aryl methyl sites for hydroxylation is 2. The van der Waals surface area contributed by atoms with E-state index >= 15 is 0 Å². The Morgan fingerprint density at radius 2 is 1.69 bits per heavy atom. The first-order valence-corrected chi connectivity index (χ1v) is 9.66. The number of carbonyl (C=O) groups excluding carboxylic acids is 2. The van der Waals surface area contributed by atoms with Crippen molar-refractivity contribution >= 4 is 29.3 Å². The van der Waals surface area contributed by atoms with Crippen LogP contribution >= 0.6 is 11.8 Å². The van der Waals surface area contributed by atoms with Gasteiger partial charge in [-0.05, 0) is 55.3 Å². The number of rotatable bonds is 3. The van der Waals surface area contributed by atoms with Crippen LogP contribution in [-0.2, 0) is 0 Å². The van der Waals surface area contributed by atoms with E-state index in [1.807, 2.05) is 29.7 Å². The standard InChI is InChI=1S/C20H21FN2O2S/c1-13-3-4-16(20(25)23-7-9-26-10-8-23)12-18(13)22-19(24)15-5-6-17(21)14(2)11-15/h3-6,11-12H,7-10H2,1-2H3,(H,22,24). The monoisotopic (exact) mass is 372 g/mol. The van der Waals surface area contributed by atoms with Crippen LogP contribution in [0.25, 0.3) is 0 Å². The first kappa shape index (κ1) is 18.5. The normalized spacial score (nSPS) is 14.2. The first-order chi connectivity index (χ1) is 12.5. The molecule has 136 valence electrons. The van der Waals surface area contributed by atoms with E-state index in [2.05, 4.69) is 5.32 Å². The lowest BCUT2D eigenvalue weighted by atomic mass is 10.1. The van der Waals surface area contributed by atoms with Crippen molar-refractivity contribution in [3.05, 3.63) is 64.5 Å². The van der Waals surface area contributed by atoms with Gasteiger partial charge in [-0.2, -0.15) is 11.8 Å². The molecule has 1 aliphatic heterocycles. The highest BCUT2D eigenvalue weighted by molar-refractivity contribution is 7.99. The van der Waals surface area contributed by atoms with Crippen LogP contribution in [0.3, 0.4) is 0 Å². The van der Waals surface area contributed by atoms with Gasteiger partial charge in [-0.1, -0.05) is 6.07 Å². The van der Waals surface area contributed by atoms with Crippen molar-refractivity contribution in [2.45, 2.75) is 13.8 Å². The average molecular weight is 372 g/mol. The Morgan fingerprint density at radius 3 is 2.38 bits per heavy atom. The lowest BCUT2D eigenvalue weighted by Crippen LogP contribution is -2.37. The third kappa shape index (κ3) is 4.07. The maximum absolute atomic E-state index is 13.4. The molecule has 26 heavy (non-hydrogen) atoms. The highest BCUT2D eigenvalue weighted by Crippen LogP contribution is 2.21. The fourth-order valence-electron chi connectivity index (χ4n) is 2.82. The number of anilines is 1. The smallest absolute Gasteiger partial charge is 0.255 e. The van der Waals surface area contributed by atoms with Crippen LogP contribution in [0.2, 0.25) is 0 Å². The fourth-order valence-corrected chi connectivity index (χ4v) is 3.72. The predicted molar refractivity (Wildman–Crippen MR) is 103 cm³/mol. The Morgan fingerprint density at radius 1 is 1.00 bits per heavy atom. The van der Waals surface area contributed by atoms with Gasteiger partial charge in [0.2, 0.25) is 0 Å². The minimum atomic E-state index is -0.343. The number of nitrogens with zero attached hydrogens (tertiary/aromatic N) is 1. The molecule has 1 aliphatic rings. The summed E-state index contributed by atoms with van der Waals surface area (Å²) in [4.78, 5) is 27.0. The first-order valence-electron chi connectivity index (χ1n) is 8.51. The number of halogens is 1. The van der Waals surface area contributed by atoms with Gasteiger partial charge in [0.25, 0.3) is 11.8 Å². The summed E-state index contributed by atoms with van der Waals surface area (Å²) in [7, 11) is 0. The van der Waals surface area contributed by atoms with Gasteiger partial charge in [0.1, 0.15) is 5.82 Å². The summed E-state index contributed by atoms with van der Waals surface area (Å²) < 4.78 is 13.4. The Kier molecular flexibility index (Phi) is 5.61. The van der Waals surface area contributed by atoms with Crippen LogP contribution in [0.1, 0.15) is 31.8 Å². The van der Waals surface area contributed by atoms with Gasteiger partial charge in [-0.3, -0.25) is 9.59 Å². The molecule has 0 atom stereocenters. The molecule has 0 unspecified atom stereocenters. The molecule has 2 aromatic rings. The van der Waals surface area contributed by atoms with Gasteiger partial charge >= 0.3 is 0 Å². The van der Waals surface area contributed by atoms with Crippen molar-refractivity contribution in [1.29, 1.82) is 0 Å². The highest BCUT2D eigenvalue weighted by Gasteiger charge is 2.19. The minimum Gasteiger partial charge on any atom is -0.337 e. The van der Waals surface area contributed by atoms with Crippen LogP contribution in [-0.4, -0.2) is 41.3 Å². The highest BCUT2D eigenvalue weighted by atomic mass is 32.2. The van der Waals surface area contributed by atoms with E-state index in [-0.39, 0.29) is 17.6 Å². The summed E-state index contributed by atoms with van der Waals surface area (Å²) in [6.07, 6.45) is 0. The van der Waals surface area contributed by atoms with Crippen molar-refractivity contribution in [1.82, 2.24) is 4.90 Å². The van der Waals surface area contributed by atoms with Gasteiger partial charge in [0, 0.05) is 41.4 Å². The van der Waals surface area contributed by atoms with Crippen molar-refractivity contribution in [2.75, 3.05) is 29.9 Å². The molecule has 1 N–H and O–H groups in total. The molecule has 4 nitrogen and oxygen atoms in total. The Hall–Kier alpha value is -2.34. The molecular weight excluding hydrogens is 351 g/mol. The Labute approximate surface area is 156 Å². The summed E-state index contributed by atoms with van der Waals surface area (Å²) in [5.74, 6) is 1.22. The second-order valence-corrected chi connectivity index (χ2v) is 7.58. The summed E-state index contributed by atoms with van der Waals surface area (Å²) in [5, 5.41) is 2.84. The summed E-state index contributed by atoms with van der Waals surface area (Å²) in [5.41, 5.74) is 2.82. The lowest BCUT2D eigenvalue weighted by Gasteiger charge is -2.26. The van der Waals surface area contributed by atoms with Crippen LogP contribution in [0.15, 0.2) is 36.4 Å². The molecule has 0 aliphatic carbocycles. The molecule has 6 heteroatoms. The topological polar surface area (TPSA) is 49.4 Å². The van der Waals surface area contributed by atoms with Gasteiger partial charge in [0.05, 0.1) is 0 Å². The van der Waals surface area contributed by atoms with Crippen molar-refractivity contribution in [3.8, 4) is 0 Å². The number of hydrogen-bond acceptors (Lipinski definition) is 3. The molecule has 1 saturated heterocycles. The second-order valence-electron chi connectivity index (χ2n) is 6.35. The quantitative estimate of drug-likeness (QED) is 0.889. The van der Waals surface area contributed by atoms with E-state index in [0.717, 1.165) is 30.2 Å². The maximum atomic E-state index is 13.4. The molecule has 0 bridgehead atoms. The number of hydrogen-bond donors (Lipinski definition) is 1. The van der Waals surface area contributed by atoms with E-state index in [9.17, 15) is 14.0 Å². The van der Waals surface area contributed by atoms with Gasteiger partial charge in [0.15, 0.2) is 0 Å². The number of amides is 2. The van der Waals surface area contributed by atoms with E-state index in [1.54, 1.807) is 19.1 Å². The Balaban J connectivity index is 1.80. The van der Waals surface area contributed by atoms with Crippen LogP contribution in [0, 0.1) is 19.7 Å². The molecule has 0 saturated carbocycles. The van der Waals surface area contributed by atoms with Gasteiger partial charge in [-0.15, -0.1) is 0 Å². The fraction of sp³-hybridized carbons (Fsp3) is 0.300. The molecule has 1 heterocycles. The molecule has 0 radical (unpaired) electrons. The van der Waals surface area contributed by atoms with Crippen LogP contribution < -0.4 is 5.32 Å². The molecule has 1 fully saturated rings. The lowest BCUT2D eigenvalue weighted by molar-refractivity contribution is 0.0772. The summed E-state index contributed by atoms with van der Waals surface area (Å²) in [6, 6.07) is 9.58. The minimum absolute atomic E-state index is 0.0153. The van der Waals surface area contributed by atoms with E-state index < -0.39 is 0 Å². The van der Waals surface area contributed by atoms with Crippen LogP contribution in [0.4, 0.5) is 10.1 Å². The third-order valence-corrected chi connectivity index (χ3v) is 5.39. The predicted octanol–water partition coefficient (Wildman–Crippen LogP) is 3.88. The second kappa shape index (κ2) is 7.91. The maximum Gasteiger partial charge on any atom is 0.255 e. The van der Waals surface area contributed by atoms with E-state index in [1.165, 1.54) is 18.2 Å². The molecule has 2 aromatic carbocycles. The third-order valence-electron chi connectivity index (χ3n) is 4.45. The zero-order valence-corrected chi connectivity index (χ0v) is 15.7. The van der Waals surface area contributed by atoms with Crippen LogP contribution in [0.5, 0.6) is 0 Å². The number of nitrogens with one attached hydrogen (secondary N) is 1. The average Bonchev–Trinajstić information content (AvgIpc) is 2.65. The SMILES string of the molecule is Cc1cc(C(=O)Nc2cc(C(=O)N3CCSCC3)ccc2C)ccc1F. The summed E-state index contributed by atoms with van der Waals surface area (Å²) >= 11 is 1.85. The van der Waals surface area contributed by atoms with Gasteiger partial charge in [-0.25, -0.2) is 4.39 Å². The number of thioether (sulfide) groups is 1. The summed E-state index contributed by atoms with van der Waals surface area (Å²) in [6.45, 7) is 4.98. The Bertz CT molecular complexity index is 848. The molecular formula is C20H21FN2O2S. The number of benzene rings is 2. The zero-order valence-electron chi connectivity index (χ0n) is 14.8. The van der Waals surface area contributed by atoms with E-state index in [0.29, 0.717) is 22.4 Å². The molecule has 0 spiro atoms. The zero-order chi connectivity index (χ0) is 18.7. The van der Waals surface area contributed by atoms with Crippen molar-refractivity contribution < 1.29 is 14.0 Å². The molecule has 2 amide bonds. The van der Waals surface area contributed by atoms with Gasteiger partial charge < -0.3 is 10.2 Å². The number of carbonyl (C=O) groups is 2. The van der Waals surface area contributed by atoms with Crippen molar-refractivity contribution in [3.63, 3.8) is 0 Å².